The normalized spacial score (nSPS) is 10.4. The Balaban J connectivity index is 1.69. The van der Waals surface area contributed by atoms with Crippen LogP contribution >= 0.6 is 0 Å². The molecule has 2 heterocycles. The Hall–Kier alpha value is -2.01. The van der Waals surface area contributed by atoms with Gasteiger partial charge in [0.25, 0.3) is 0 Å². The van der Waals surface area contributed by atoms with Crippen LogP contribution in [0.25, 0.3) is 0 Å². The minimum absolute atomic E-state index is 0.583. The Kier molecular flexibility index (Phi) is 5.92. The highest BCUT2D eigenvalue weighted by Gasteiger charge is 1.99. The molecule has 1 N–H and O–H groups in total. The zero-order valence-electron chi connectivity index (χ0n) is 11.7. The molecule has 0 fully saturated rings. The molecule has 2 aromatic rings. The van der Waals surface area contributed by atoms with Gasteiger partial charge in [0.15, 0.2) is 0 Å². The lowest BCUT2D eigenvalue weighted by molar-refractivity contribution is 0.295. The van der Waals surface area contributed by atoms with Crippen molar-refractivity contribution < 1.29 is 4.74 Å². The topological polar surface area (TPSA) is 59.9 Å². The predicted octanol–water partition coefficient (Wildman–Crippen LogP) is 1.99. The zero-order chi connectivity index (χ0) is 14.0. The third-order valence-corrected chi connectivity index (χ3v) is 2.86. The van der Waals surface area contributed by atoms with Crippen molar-refractivity contribution in [3.63, 3.8) is 0 Å². The summed E-state index contributed by atoms with van der Waals surface area (Å²) in [4.78, 5) is 4.00. The van der Waals surface area contributed by atoms with Gasteiger partial charge in [-0.1, -0.05) is 6.92 Å². The number of hydrogen-bond acceptors (Lipinski definition) is 5. The van der Waals surface area contributed by atoms with Gasteiger partial charge in [0.05, 0.1) is 12.3 Å². The minimum atomic E-state index is 0.583. The van der Waals surface area contributed by atoms with Crippen LogP contribution in [-0.4, -0.2) is 28.3 Å². The molecule has 0 amide bonds. The molecule has 2 aromatic heterocycles. The van der Waals surface area contributed by atoms with Gasteiger partial charge in [0.1, 0.15) is 0 Å². The number of aryl methyl sites for hydroxylation is 1. The van der Waals surface area contributed by atoms with Crippen LogP contribution < -0.4 is 10.1 Å². The molecule has 0 saturated heterocycles. The highest BCUT2D eigenvalue weighted by molar-refractivity contribution is 5.12. The lowest BCUT2D eigenvalue weighted by Gasteiger charge is -2.05. The van der Waals surface area contributed by atoms with Gasteiger partial charge in [0.2, 0.25) is 5.88 Å². The molecule has 0 aromatic carbocycles. The lowest BCUT2D eigenvalue weighted by Crippen LogP contribution is -2.13. The average Bonchev–Trinajstić information content (AvgIpc) is 2.52. The second kappa shape index (κ2) is 8.22. The molecule has 0 aliphatic carbocycles. The molecule has 0 radical (unpaired) electrons. The van der Waals surface area contributed by atoms with Crippen molar-refractivity contribution in [1.29, 1.82) is 0 Å². The largest absolute Gasteiger partial charge is 0.477 e. The summed E-state index contributed by atoms with van der Waals surface area (Å²) >= 11 is 0. The van der Waals surface area contributed by atoms with Gasteiger partial charge < -0.3 is 10.1 Å². The summed E-state index contributed by atoms with van der Waals surface area (Å²) in [5, 5.41) is 11.4. The molecule has 0 spiro atoms. The summed E-state index contributed by atoms with van der Waals surface area (Å²) in [5.41, 5.74) is 2.20. The van der Waals surface area contributed by atoms with E-state index in [4.69, 9.17) is 4.74 Å². The van der Waals surface area contributed by atoms with Crippen molar-refractivity contribution in [3.8, 4) is 5.88 Å². The van der Waals surface area contributed by atoms with Gasteiger partial charge in [0, 0.05) is 25.0 Å². The van der Waals surface area contributed by atoms with E-state index >= 15 is 0 Å². The number of hydrogen-bond donors (Lipinski definition) is 1. The molecule has 106 valence electrons. The number of ether oxygens (including phenoxy) is 1. The summed E-state index contributed by atoms with van der Waals surface area (Å²) in [6, 6.07) is 7.85. The highest BCUT2D eigenvalue weighted by atomic mass is 16.5. The Labute approximate surface area is 119 Å². The van der Waals surface area contributed by atoms with Crippen LogP contribution in [0.4, 0.5) is 0 Å². The van der Waals surface area contributed by atoms with Crippen LogP contribution in [0.3, 0.4) is 0 Å². The van der Waals surface area contributed by atoms with Gasteiger partial charge in [-0.05, 0) is 43.1 Å². The van der Waals surface area contributed by atoms with Crippen molar-refractivity contribution in [2.45, 2.75) is 26.3 Å². The zero-order valence-corrected chi connectivity index (χ0v) is 11.7. The number of rotatable bonds is 8. The maximum atomic E-state index is 5.58. The van der Waals surface area contributed by atoms with Crippen molar-refractivity contribution in [2.24, 2.45) is 0 Å². The van der Waals surface area contributed by atoms with E-state index in [0.29, 0.717) is 12.5 Å². The van der Waals surface area contributed by atoms with E-state index in [1.165, 1.54) is 5.56 Å². The Morgan fingerprint density at radius 1 is 1.10 bits per heavy atom. The first-order chi connectivity index (χ1) is 9.88. The monoisotopic (exact) mass is 272 g/mol. The van der Waals surface area contributed by atoms with Crippen molar-refractivity contribution in [1.82, 2.24) is 20.5 Å². The van der Waals surface area contributed by atoms with Crippen LogP contribution in [0.2, 0.25) is 0 Å². The van der Waals surface area contributed by atoms with Crippen LogP contribution in [0.5, 0.6) is 5.88 Å². The SMILES string of the molecule is CCNCc1ccc(OCCCc2ccncc2)nn1. The Morgan fingerprint density at radius 3 is 2.65 bits per heavy atom. The van der Waals surface area contributed by atoms with Gasteiger partial charge in [-0.3, -0.25) is 4.98 Å². The van der Waals surface area contributed by atoms with Crippen molar-refractivity contribution in [3.05, 3.63) is 47.9 Å². The van der Waals surface area contributed by atoms with Crippen molar-refractivity contribution in [2.75, 3.05) is 13.2 Å². The standard InChI is InChI=1S/C15H20N4O/c1-2-16-12-14-5-6-15(19-18-14)20-11-3-4-13-7-9-17-10-8-13/h5-10,16H,2-4,11-12H2,1H3. The molecule has 5 nitrogen and oxygen atoms in total. The summed E-state index contributed by atoms with van der Waals surface area (Å²) in [6.45, 7) is 4.37. The van der Waals surface area contributed by atoms with Gasteiger partial charge in [-0.2, -0.15) is 5.10 Å². The molecule has 0 bridgehead atoms. The van der Waals surface area contributed by atoms with E-state index in [1.54, 1.807) is 0 Å². The first-order valence-corrected chi connectivity index (χ1v) is 6.93. The molecule has 5 heteroatoms. The van der Waals surface area contributed by atoms with Crippen LogP contribution in [0.15, 0.2) is 36.7 Å². The summed E-state index contributed by atoms with van der Waals surface area (Å²) < 4.78 is 5.58. The third kappa shape index (κ3) is 4.93. The van der Waals surface area contributed by atoms with Crippen LogP contribution in [0, 0.1) is 0 Å². The third-order valence-electron chi connectivity index (χ3n) is 2.86. The number of pyridine rings is 1. The summed E-state index contributed by atoms with van der Waals surface area (Å²) in [6.07, 6.45) is 5.55. The van der Waals surface area contributed by atoms with E-state index in [1.807, 2.05) is 36.7 Å². The molecule has 0 aliphatic rings. The highest BCUT2D eigenvalue weighted by Crippen LogP contribution is 2.07. The number of nitrogens with one attached hydrogen (secondary N) is 1. The summed E-state index contributed by atoms with van der Waals surface area (Å²) in [7, 11) is 0. The molecule has 2 rings (SSSR count). The van der Waals surface area contributed by atoms with Crippen LogP contribution in [-0.2, 0) is 13.0 Å². The molecule has 0 saturated carbocycles. The maximum absolute atomic E-state index is 5.58. The van der Waals surface area contributed by atoms with Gasteiger partial charge in [-0.25, -0.2) is 0 Å². The van der Waals surface area contributed by atoms with E-state index in [-0.39, 0.29) is 0 Å². The van der Waals surface area contributed by atoms with E-state index in [0.717, 1.165) is 31.6 Å². The first-order valence-electron chi connectivity index (χ1n) is 6.93. The predicted molar refractivity (Wildman–Crippen MR) is 77.5 cm³/mol. The fourth-order valence-electron chi connectivity index (χ4n) is 1.77. The quantitative estimate of drug-likeness (QED) is 0.745. The molecule has 0 aliphatic heterocycles. The average molecular weight is 272 g/mol. The smallest absolute Gasteiger partial charge is 0.233 e. The van der Waals surface area contributed by atoms with Crippen LogP contribution in [0.1, 0.15) is 24.6 Å². The van der Waals surface area contributed by atoms with E-state index < -0.39 is 0 Å². The number of nitrogens with zero attached hydrogens (tertiary/aromatic N) is 3. The van der Waals surface area contributed by atoms with Gasteiger partial charge in [-0.15, -0.1) is 5.10 Å². The molecular weight excluding hydrogens is 252 g/mol. The molecule has 0 atom stereocenters. The number of aromatic nitrogens is 3. The minimum Gasteiger partial charge on any atom is -0.477 e. The van der Waals surface area contributed by atoms with Crippen molar-refractivity contribution >= 4 is 0 Å². The summed E-state index contributed by atoms with van der Waals surface area (Å²) in [5.74, 6) is 0.583. The van der Waals surface area contributed by atoms with E-state index in [9.17, 15) is 0 Å². The first kappa shape index (κ1) is 14.4. The molecule has 20 heavy (non-hydrogen) atoms. The lowest BCUT2D eigenvalue weighted by atomic mass is 10.1. The Bertz CT molecular complexity index is 487. The second-order valence-corrected chi connectivity index (χ2v) is 4.45. The maximum Gasteiger partial charge on any atom is 0.233 e. The van der Waals surface area contributed by atoms with E-state index in [2.05, 4.69) is 27.4 Å². The fourth-order valence-corrected chi connectivity index (χ4v) is 1.77. The van der Waals surface area contributed by atoms with Gasteiger partial charge >= 0.3 is 0 Å². The fraction of sp³-hybridized carbons (Fsp3) is 0.400. The molecule has 0 unspecified atom stereocenters. The second-order valence-electron chi connectivity index (χ2n) is 4.45. The Morgan fingerprint density at radius 2 is 1.95 bits per heavy atom. The molecular formula is C15H20N4O.